The van der Waals surface area contributed by atoms with Crippen LogP contribution < -0.4 is 0 Å². The number of carbonyl (C=O) groups is 1. The van der Waals surface area contributed by atoms with Gasteiger partial charge in [0.1, 0.15) is 5.78 Å². The Hall–Kier alpha value is -0.370. The number of ether oxygens (including phenoxy) is 1. The van der Waals surface area contributed by atoms with Crippen LogP contribution in [0.3, 0.4) is 0 Å². The molecule has 0 aromatic heterocycles. The van der Waals surface area contributed by atoms with Gasteiger partial charge in [0.25, 0.3) is 0 Å². The van der Waals surface area contributed by atoms with Crippen molar-refractivity contribution in [3.05, 3.63) is 0 Å². The van der Waals surface area contributed by atoms with Crippen LogP contribution >= 0.6 is 0 Å². The van der Waals surface area contributed by atoms with E-state index < -0.39 is 0 Å². The Morgan fingerprint density at radius 2 is 2.00 bits per heavy atom. The van der Waals surface area contributed by atoms with Gasteiger partial charge in [-0.05, 0) is 44.9 Å². The lowest BCUT2D eigenvalue weighted by Gasteiger charge is -2.25. The third kappa shape index (κ3) is 1.93. The van der Waals surface area contributed by atoms with E-state index in [1.807, 2.05) is 0 Å². The second-order valence-corrected chi connectivity index (χ2v) is 4.60. The number of hydrogen-bond acceptors (Lipinski definition) is 2. The molecule has 0 N–H and O–H groups in total. The van der Waals surface area contributed by atoms with E-state index in [-0.39, 0.29) is 5.41 Å². The van der Waals surface area contributed by atoms with Gasteiger partial charge in [-0.25, -0.2) is 0 Å². The molecule has 0 atom stereocenters. The van der Waals surface area contributed by atoms with E-state index in [1.165, 1.54) is 0 Å². The summed E-state index contributed by atoms with van der Waals surface area (Å²) in [5.74, 6) is 1.17. The molecule has 1 saturated heterocycles. The van der Waals surface area contributed by atoms with Crippen molar-refractivity contribution < 1.29 is 9.53 Å². The third-order valence-electron chi connectivity index (χ3n) is 3.62. The van der Waals surface area contributed by atoms with Crippen molar-refractivity contribution in [2.75, 3.05) is 13.2 Å². The summed E-state index contributed by atoms with van der Waals surface area (Å²) in [5.41, 5.74) is 0.113. The maximum Gasteiger partial charge on any atom is 0.135 e. The Kier molecular flexibility index (Phi) is 2.41. The van der Waals surface area contributed by atoms with Gasteiger partial charge in [0.2, 0.25) is 0 Å². The van der Waals surface area contributed by atoms with Crippen molar-refractivity contribution >= 4 is 5.78 Å². The highest BCUT2D eigenvalue weighted by Crippen LogP contribution is 2.52. The standard InChI is InChI=1S/C11H18O2/c1-9(12)11(4-5-11)8-10-2-6-13-7-3-10/h10H,2-8H2,1H3. The summed E-state index contributed by atoms with van der Waals surface area (Å²) in [4.78, 5) is 11.4. The number of hydrogen-bond donors (Lipinski definition) is 0. The van der Waals surface area contributed by atoms with Crippen LogP contribution in [-0.4, -0.2) is 19.0 Å². The molecular formula is C11H18O2. The van der Waals surface area contributed by atoms with Gasteiger partial charge in [0.05, 0.1) is 0 Å². The van der Waals surface area contributed by atoms with E-state index in [4.69, 9.17) is 4.74 Å². The Labute approximate surface area is 79.7 Å². The van der Waals surface area contributed by atoms with Crippen molar-refractivity contribution in [3.63, 3.8) is 0 Å². The lowest BCUT2D eigenvalue weighted by atomic mass is 9.85. The monoisotopic (exact) mass is 182 g/mol. The number of ketones is 1. The highest BCUT2D eigenvalue weighted by atomic mass is 16.5. The molecule has 2 heteroatoms. The Morgan fingerprint density at radius 3 is 2.46 bits per heavy atom. The van der Waals surface area contributed by atoms with Gasteiger partial charge in [-0.2, -0.15) is 0 Å². The van der Waals surface area contributed by atoms with Crippen LogP contribution in [0.25, 0.3) is 0 Å². The second kappa shape index (κ2) is 3.41. The molecule has 0 amide bonds. The van der Waals surface area contributed by atoms with Gasteiger partial charge in [-0.1, -0.05) is 0 Å². The summed E-state index contributed by atoms with van der Waals surface area (Å²) in [6.07, 6.45) is 5.73. The molecule has 2 nitrogen and oxygen atoms in total. The lowest BCUT2D eigenvalue weighted by molar-refractivity contribution is -0.122. The minimum Gasteiger partial charge on any atom is -0.381 e. The third-order valence-corrected chi connectivity index (χ3v) is 3.62. The van der Waals surface area contributed by atoms with Gasteiger partial charge in [0, 0.05) is 18.6 Å². The zero-order valence-electron chi connectivity index (χ0n) is 8.34. The second-order valence-electron chi connectivity index (χ2n) is 4.60. The summed E-state index contributed by atoms with van der Waals surface area (Å²) in [5, 5.41) is 0. The van der Waals surface area contributed by atoms with Crippen LogP contribution in [0.1, 0.15) is 39.0 Å². The van der Waals surface area contributed by atoms with Crippen molar-refractivity contribution in [2.45, 2.75) is 39.0 Å². The summed E-state index contributed by atoms with van der Waals surface area (Å²) < 4.78 is 5.31. The molecule has 1 saturated carbocycles. The zero-order chi connectivity index (χ0) is 9.31. The molecule has 0 aromatic carbocycles. The van der Waals surface area contributed by atoms with Crippen molar-refractivity contribution in [2.24, 2.45) is 11.3 Å². The van der Waals surface area contributed by atoms with Crippen LogP contribution in [0.4, 0.5) is 0 Å². The SMILES string of the molecule is CC(=O)C1(CC2CCOCC2)CC1. The molecule has 74 valence electrons. The van der Waals surface area contributed by atoms with E-state index in [0.717, 1.165) is 51.2 Å². The normalized spacial score (nSPS) is 27.2. The van der Waals surface area contributed by atoms with Gasteiger partial charge in [-0.15, -0.1) is 0 Å². The van der Waals surface area contributed by atoms with Crippen molar-refractivity contribution in [1.82, 2.24) is 0 Å². The highest BCUT2D eigenvalue weighted by Gasteiger charge is 2.48. The molecule has 0 spiro atoms. The smallest absolute Gasteiger partial charge is 0.135 e. The van der Waals surface area contributed by atoms with Gasteiger partial charge in [0.15, 0.2) is 0 Å². The first-order valence-electron chi connectivity index (χ1n) is 5.32. The fourth-order valence-electron chi connectivity index (χ4n) is 2.35. The Balaban J connectivity index is 1.86. The van der Waals surface area contributed by atoms with E-state index in [0.29, 0.717) is 5.78 Å². The van der Waals surface area contributed by atoms with Crippen LogP contribution in [0.2, 0.25) is 0 Å². The largest absolute Gasteiger partial charge is 0.381 e. The summed E-state index contributed by atoms with van der Waals surface area (Å²) >= 11 is 0. The molecule has 0 bridgehead atoms. The number of rotatable bonds is 3. The molecule has 1 aliphatic heterocycles. The predicted molar refractivity (Wildman–Crippen MR) is 50.5 cm³/mol. The molecule has 2 fully saturated rings. The fraction of sp³-hybridized carbons (Fsp3) is 0.909. The first kappa shape index (κ1) is 9.20. The van der Waals surface area contributed by atoms with Gasteiger partial charge >= 0.3 is 0 Å². The van der Waals surface area contributed by atoms with Gasteiger partial charge in [-0.3, -0.25) is 4.79 Å². The molecule has 1 heterocycles. The summed E-state index contributed by atoms with van der Waals surface area (Å²) in [6, 6.07) is 0. The molecule has 0 unspecified atom stereocenters. The topological polar surface area (TPSA) is 26.3 Å². The minimum atomic E-state index is 0.113. The number of Topliss-reactive ketones (excluding diaryl/α,β-unsaturated/α-hetero) is 1. The molecule has 0 radical (unpaired) electrons. The predicted octanol–water partition coefficient (Wildman–Crippen LogP) is 2.17. The first-order valence-corrected chi connectivity index (χ1v) is 5.32. The van der Waals surface area contributed by atoms with Gasteiger partial charge < -0.3 is 4.74 Å². The molecule has 2 aliphatic rings. The first-order chi connectivity index (χ1) is 6.23. The van der Waals surface area contributed by atoms with E-state index in [9.17, 15) is 4.79 Å². The maximum absolute atomic E-state index is 11.4. The van der Waals surface area contributed by atoms with Crippen LogP contribution in [0.5, 0.6) is 0 Å². The van der Waals surface area contributed by atoms with E-state index in [1.54, 1.807) is 6.92 Å². The lowest BCUT2D eigenvalue weighted by Crippen LogP contribution is -2.22. The molecule has 2 rings (SSSR count). The van der Waals surface area contributed by atoms with E-state index >= 15 is 0 Å². The molecule has 13 heavy (non-hydrogen) atoms. The average molecular weight is 182 g/mol. The Bertz CT molecular complexity index is 200. The minimum absolute atomic E-state index is 0.113. The average Bonchev–Trinajstić information content (AvgIpc) is 2.87. The molecular weight excluding hydrogens is 164 g/mol. The van der Waals surface area contributed by atoms with Crippen LogP contribution in [0.15, 0.2) is 0 Å². The highest BCUT2D eigenvalue weighted by molar-refractivity contribution is 5.84. The zero-order valence-corrected chi connectivity index (χ0v) is 8.34. The fourth-order valence-corrected chi connectivity index (χ4v) is 2.35. The van der Waals surface area contributed by atoms with Crippen LogP contribution in [0, 0.1) is 11.3 Å². The Morgan fingerprint density at radius 1 is 1.38 bits per heavy atom. The molecule has 1 aliphatic carbocycles. The van der Waals surface area contributed by atoms with Crippen molar-refractivity contribution in [1.29, 1.82) is 0 Å². The summed E-state index contributed by atoms with van der Waals surface area (Å²) in [6.45, 7) is 3.56. The maximum atomic E-state index is 11.4. The van der Waals surface area contributed by atoms with E-state index in [2.05, 4.69) is 0 Å². The van der Waals surface area contributed by atoms with Crippen molar-refractivity contribution in [3.8, 4) is 0 Å². The molecule has 0 aromatic rings. The van der Waals surface area contributed by atoms with Crippen LogP contribution in [-0.2, 0) is 9.53 Å². The summed E-state index contributed by atoms with van der Waals surface area (Å²) in [7, 11) is 0. The quantitative estimate of drug-likeness (QED) is 0.668. The number of carbonyl (C=O) groups excluding carboxylic acids is 1.